The van der Waals surface area contributed by atoms with Crippen LogP contribution in [0.3, 0.4) is 0 Å². The fourth-order valence-electron chi connectivity index (χ4n) is 5.76. The van der Waals surface area contributed by atoms with Crippen LogP contribution in [0.25, 0.3) is 5.69 Å². The van der Waals surface area contributed by atoms with Crippen molar-refractivity contribution in [3.8, 4) is 5.69 Å². The number of hydrogen-bond acceptors (Lipinski definition) is 4. The van der Waals surface area contributed by atoms with Crippen LogP contribution in [0, 0.1) is 24.7 Å². The van der Waals surface area contributed by atoms with Gasteiger partial charge < -0.3 is 5.32 Å². The van der Waals surface area contributed by atoms with Crippen molar-refractivity contribution in [2.24, 2.45) is 24.8 Å². The average molecular weight is 444 g/mol. The van der Waals surface area contributed by atoms with Gasteiger partial charge in [-0.15, -0.1) is 23.5 Å². The summed E-state index contributed by atoms with van der Waals surface area (Å²) >= 11 is 4.32. The fourth-order valence-corrected chi connectivity index (χ4v) is 9.70. The second kappa shape index (κ2) is 7.83. The number of benzene rings is 1. The first-order valence-corrected chi connectivity index (χ1v) is 12.9. The maximum absolute atomic E-state index is 13.3. The molecule has 1 N–H and O–H groups in total. The van der Waals surface area contributed by atoms with E-state index >= 15 is 0 Å². The fraction of sp³-hybridized carbons (Fsp3) is 0.565. The summed E-state index contributed by atoms with van der Waals surface area (Å²) < 4.78 is 3.81. The topological polar surface area (TPSA) is 56.0 Å². The summed E-state index contributed by atoms with van der Waals surface area (Å²) in [4.78, 5) is 26.4. The van der Waals surface area contributed by atoms with Gasteiger partial charge in [-0.25, -0.2) is 4.68 Å². The Balaban J connectivity index is 1.39. The maximum Gasteiger partial charge on any atom is 0.295 e. The van der Waals surface area contributed by atoms with Crippen LogP contribution < -0.4 is 10.9 Å². The molecular formula is C23H29N3O2S2. The van der Waals surface area contributed by atoms with Gasteiger partial charge in [-0.2, -0.15) is 0 Å². The van der Waals surface area contributed by atoms with Gasteiger partial charge in [-0.05, 0) is 56.6 Å². The lowest BCUT2D eigenvalue weighted by atomic mass is 9.67. The van der Waals surface area contributed by atoms with Crippen LogP contribution in [0.2, 0.25) is 0 Å². The first-order valence-electron chi connectivity index (χ1n) is 10.9. The van der Waals surface area contributed by atoms with Gasteiger partial charge in [0.15, 0.2) is 0 Å². The molecular weight excluding hydrogens is 414 g/mol. The number of aromatic nitrogens is 2. The number of amides is 1. The lowest BCUT2D eigenvalue weighted by Gasteiger charge is -2.52. The zero-order valence-corrected chi connectivity index (χ0v) is 19.2. The number of nitrogens with one attached hydrogen (secondary N) is 1. The molecule has 1 aliphatic heterocycles. The first-order chi connectivity index (χ1) is 14.5. The van der Waals surface area contributed by atoms with Crippen LogP contribution in [0.4, 0.5) is 5.69 Å². The van der Waals surface area contributed by atoms with Crippen LogP contribution in [-0.2, 0) is 11.8 Å². The van der Waals surface area contributed by atoms with Gasteiger partial charge in [-0.1, -0.05) is 24.6 Å². The second-order valence-electron chi connectivity index (χ2n) is 8.84. The molecule has 3 fully saturated rings. The van der Waals surface area contributed by atoms with Crippen LogP contribution in [0.1, 0.15) is 37.8 Å². The molecule has 1 saturated heterocycles. The van der Waals surface area contributed by atoms with Gasteiger partial charge in [0.2, 0.25) is 5.91 Å². The van der Waals surface area contributed by atoms with Crippen molar-refractivity contribution in [2.75, 3.05) is 16.8 Å². The highest BCUT2D eigenvalue weighted by atomic mass is 32.2. The third-order valence-electron chi connectivity index (χ3n) is 7.29. The van der Waals surface area contributed by atoms with Crippen molar-refractivity contribution >= 4 is 35.1 Å². The van der Waals surface area contributed by atoms with Gasteiger partial charge >= 0.3 is 0 Å². The number of carbonyl (C=O) groups is 1. The Labute approximate surface area is 186 Å². The van der Waals surface area contributed by atoms with E-state index in [2.05, 4.69) is 28.8 Å². The lowest BCUT2D eigenvalue weighted by Crippen LogP contribution is -2.48. The van der Waals surface area contributed by atoms with Crippen molar-refractivity contribution in [3.05, 3.63) is 46.4 Å². The van der Waals surface area contributed by atoms with E-state index in [1.807, 2.05) is 49.0 Å². The standard InChI is InChI=1S/C23H29N3O2S2/c1-15-20(22(28)26(25(15)2)19-9-4-3-5-10-19)24-21(27)16-13-17-7-6-8-18(14-16)23(17)29-11-12-30-23/h3-5,9-10,16-18H,6-8,11-14H2,1-2H3,(H,24,27)/t16?,17-,18+. The average Bonchev–Trinajstić information content (AvgIpc) is 3.28. The van der Waals surface area contributed by atoms with Crippen LogP contribution >= 0.6 is 23.5 Å². The Morgan fingerprint density at radius 2 is 1.73 bits per heavy atom. The third kappa shape index (κ3) is 3.16. The molecule has 1 amide bonds. The zero-order valence-electron chi connectivity index (χ0n) is 17.6. The van der Waals surface area contributed by atoms with E-state index in [4.69, 9.17) is 0 Å². The molecule has 2 saturated carbocycles. The summed E-state index contributed by atoms with van der Waals surface area (Å²) in [6.45, 7) is 1.90. The van der Waals surface area contributed by atoms with Crippen molar-refractivity contribution in [2.45, 2.75) is 43.1 Å². The van der Waals surface area contributed by atoms with Crippen molar-refractivity contribution in [1.29, 1.82) is 0 Å². The van der Waals surface area contributed by atoms with Crippen LogP contribution in [0.15, 0.2) is 35.1 Å². The Hall–Kier alpha value is -1.60. The van der Waals surface area contributed by atoms with Crippen molar-refractivity contribution in [1.82, 2.24) is 9.36 Å². The number of anilines is 1. The van der Waals surface area contributed by atoms with Gasteiger partial charge in [0.05, 0.1) is 15.5 Å². The molecule has 1 aromatic carbocycles. The van der Waals surface area contributed by atoms with Crippen LogP contribution in [-0.4, -0.2) is 30.9 Å². The molecule has 5 nitrogen and oxygen atoms in total. The molecule has 2 heterocycles. The molecule has 2 aromatic rings. The van der Waals surface area contributed by atoms with E-state index in [1.165, 1.54) is 30.8 Å². The highest BCUT2D eigenvalue weighted by Crippen LogP contribution is 2.64. The van der Waals surface area contributed by atoms with E-state index < -0.39 is 0 Å². The summed E-state index contributed by atoms with van der Waals surface area (Å²) in [5, 5.41) is 3.04. The largest absolute Gasteiger partial charge is 0.320 e. The van der Waals surface area contributed by atoms with Crippen molar-refractivity contribution in [3.63, 3.8) is 0 Å². The van der Waals surface area contributed by atoms with E-state index in [0.717, 1.165) is 24.2 Å². The normalized spacial score (nSPS) is 27.3. The molecule has 160 valence electrons. The molecule has 2 aliphatic carbocycles. The lowest BCUT2D eigenvalue weighted by molar-refractivity contribution is -0.122. The Kier molecular flexibility index (Phi) is 5.30. The summed E-state index contributed by atoms with van der Waals surface area (Å²) in [6.07, 6.45) is 5.70. The highest BCUT2D eigenvalue weighted by Gasteiger charge is 2.55. The monoisotopic (exact) mass is 443 g/mol. The number of para-hydroxylation sites is 1. The van der Waals surface area contributed by atoms with Gasteiger partial charge in [0, 0.05) is 24.5 Å². The minimum Gasteiger partial charge on any atom is -0.320 e. The highest BCUT2D eigenvalue weighted by molar-refractivity contribution is 8.21. The second-order valence-corrected chi connectivity index (χ2v) is 11.8. The predicted octanol–water partition coefficient (Wildman–Crippen LogP) is 4.43. The van der Waals surface area contributed by atoms with Gasteiger partial charge in [-0.3, -0.25) is 14.3 Å². The molecule has 5 rings (SSSR count). The maximum atomic E-state index is 13.3. The minimum atomic E-state index is -0.163. The number of hydrogen-bond donors (Lipinski definition) is 1. The predicted molar refractivity (Wildman–Crippen MR) is 126 cm³/mol. The molecule has 7 heteroatoms. The SMILES string of the molecule is Cc1c(NC(=O)C2C[C@H]3CCC[C@@H](C2)C32SCCS2)c(=O)n(-c2ccccc2)n1C. The van der Waals surface area contributed by atoms with Crippen molar-refractivity contribution < 1.29 is 4.79 Å². The Bertz CT molecular complexity index is 991. The third-order valence-corrected chi connectivity index (χ3v) is 11.3. The first kappa shape index (κ1) is 20.3. The molecule has 0 radical (unpaired) electrons. The molecule has 1 unspecified atom stereocenters. The molecule has 3 aliphatic rings. The molecule has 30 heavy (non-hydrogen) atoms. The summed E-state index contributed by atoms with van der Waals surface area (Å²) in [5.41, 5.74) is 1.84. The summed E-state index contributed by atoms with van der Waals surface area (Å²) in [7, 11) is 1.86. The van der Waals surface area contributed by atoms with E-state index in [-0.39, 0.29) is 17.4 Å². The quantitative estimate of drug-likeness (QED) is 0.763. The van der Waals surface area contributed by atoms with E-state index in [1.54, 1.807) is 4.68 Å². The summed E-state index contributed by atoms with van der Waals surface area (Å²) in [6, 6.07) is 9.58. The van der Waals surface area contributed by atoms with E-state index in [9.17, 15) is 9.59 Å². The molecule has 1 aromatic heterocycles. The number of nitrogens with zero attached hydrogens (tertiary/aromatic N) is 2. The molecule has 1 spiro atoms. The van der Waals surface area contributed by atoms with Gasteiger partial charge in [0.25, 0.3) is 5.56 Å². The molecule has 2 bridgehead atoms. The number of thioether (sulfide) groups is 2. The van der Waals surface area contributed by atoms with Crippen LogP contribution in [0.5, 0.6) is 0 Å². The summed E-state index contributed by atoms with van der Waals surface area (Å²) in [5.74, 6) is 3.78. The Morgan fingerprint density at radius 3 is 2.37 bits per heavy atom. The minimum absolute atomic E-state index is 0.0110. The Morgan fingerprint density at radius 1 is 1.10 bits per heavy atom. The van der Waals surface area contributed by atoms with Gasteiger partial charge in [0.1, 0.15) is 5.69 Å². The number of carbonyl (C=O) groups excluding carboxylic acids is 1. The molecule has 3 atom stereocenters. The van der Waals surface area contributed by atoms with E-state index in [0.29, 0.717) is 21.6 Å². The smallest absolute Gasteiger partial charge is 0.295 e. The number of rotatable bonds is 3. The zero-order chi connectivity index (χ0) is 20.9.